The van der Waals surface area contributed by atoms with Gasteiger partial charge in [-0.1, -0.05) is 18.7 Å². The maximum absolute atomic E-state index is 13.7. The van der Waals surface area contributed by atoms with E-state index in [0.29, 0.717) is 34.0 Å². The van der Waals surface area contributed by atoms with Crippen molar-refractivity contribution >= 4 is 28.6 Å². The van der Waals surface area contributed by atoms with Gasteiger partial charge in [0.2, 0.25) is 5.91 Å². The van der Waals surface area contributed by atoms with Crippen molar-refractivity contribution in [1.82, 2.24) is 19.1 Å². The first-order valence-electron chi connectivity index (χ1n) is 9.77. The molecule has 0 unspecified atom stereocenters. The van der Waals surface area contributed by atoms with Gasteiger partial charge >= 0.3 is 5.69 Å². The molecule has 2 N–H and O–H groups in total. The average molecular weight is 430 g/mol. The number of benzene rings is 2. The SMILES string of the molecule is C=CC(=O)N(C)c1cccc(-n2c(=O)n(-c3ccc(C)c(OC)c3)c3c(N)ncnc32)c1. The lowest BCUT2D eigenvalue weighted by atomic mass is 10.2. The van der Waals surface area contributed by atoms with Crippen LogP contribution in [0.5, 0.6) is 5.75 Å². The van der Waals surface area contributed by atoms with Crippen LogP contribution in [0.15, 0.2) is 66.2 Å². The summed E-state index contributed by atoms with van der Waals surface area (Å²) in [6.45, 7) is 5.43. The summed E-state index contributed by atoms with van der Waals surface area (Å²) in [6, 6.07) is 12.4. The third kappa shape index (κ3) is 3.29. The summed E-state index contributed by atoms with van der Waals surface area (Å²) >= 11 is 0. The van der Waals surface area contributed by atoms with Crippen molar-refractivity contribution in [2.45, 2.75) is 6.92 Å². The predicted octanol–water partition coefficient (Wildman–Crippen LogP) is 2.62. The molecule has 0 fully saturated rings. The highest BCUT2D eigenvalue weighted by Crippen LogP contribution is 2.27. The Morgan fingerprint density at radius 3 is 2.62 bits per heavy atom. The van der Waals surface area contributed by atoms with Gasteiger partial charge in [0.25, 0.3) is 0 Å². The molecule has 9 nitrogen and oxygen atoms in total. The van der Waals surface area contributed by atoms with E-state index in [1.807, 2.05) is 19.1 Å². The van der Waals surface area contributed by atoms with Crippen molar-refractivity contribution in [3.8, 4) is 17.1 Å². The number of hydrogen-bond acceptors (Lipinski definition) is 6. The first kappa shape index (κ1) is 20.9. The fourth-order valence-corrected chi connectivity index (χ4v) is 3.57. The Labute approximate surface area is 184 Å². The number of rotatable bonds is 5. The van der Waals surface area contributed by atoms with Crippen LogP contribution in [0.4, 0.5) is 11.5 Å². The third-order valence-electron chi connectivity index (χ3n) is 5.28. The molecule has 4 aromatic rings. The molecule has 2 aromatic carbocycles. The molecule has 0 saturated carbocycles. The number of nitrogens with zero attached hydrogens (tertiary/aromatic N) is 5. The van der Waals surface area contributed by atoms with Crippen LogP contribution in [0, 0.1) is 6.92 Å². The standard InChI is InChI=1S/C23H22N6O3/c1-5-19(30)27(3)15-7-6-8-16(11-15)29-22-20(21(24)25-13-26-22)28(23(29)31)17-10-9-14(2)18(12-17)32-4/h5-13H,1H2,2-4H3,(H2,24,25,26). The number of carbonyl (C=O) groups excluding carboxylic acids is 1. The first-order valence-corrected chi connectivity index (χ1v) is 9.77. The molecular formula is C23H22N6O3. The molecule has 2 heterocycles. The zero-order valence-electron chi connectivity index (χ0n) is 17.9. The van der Waals surface area contributed by atoms with Gasteiger partial charge in [-0.25, -0.2) is 19.3 Å². The van der Waals surface area contributed by atoms with Gasteiger partial charge in [0.1, 0.15) is 17.6 Å². The highest BCUT2D eigenvalue weighted by atomic mass is 16.5. The molecule has 0 aliphatic rings. The Balaban J connectivity index is 2.01. The molecule has 0 bridgehead atoms. The van der Waals surface area contributed by atoms with E-state index in [4.69, 9.17) is 10.5 Å². The Morgan fingerprint density at radius 2 is 1.91 bits per heavy atom. The number of carbonyl (C=O) groups is 1. The molecule has 162 valence electrons. The van der Waals surface area contributed by atoms with Crippen LogP contribution in [0.1, 0.15) is 5.56 Å². The maximum atomic E-state index is 13.7. The Morgan fingerprint density at radius 1 is 1.16 bits per heavy atom. The molecule has 0 aliphatic carbocycles. The molecule has 0 spiro atoms. The van der Waals surface area contributed by atoms with Gasteiger partial charge < -0.3 is 15.4 Å². The minimum absolute atomic E-state index is 0.167. The monoisotopic (exact) mass is 430 g/mol. The van der Waals surface area contributed by atoms with E-state index in [1.54, 1.807) is 44.5 Å². The highest BCUT2D eigenvalue weighted by Gasteiger charge is 2.21. The average Bonchev–Trinajstić information content (AvgIpc) is 3.11. The summed E-state index contributed by atoms with van der Waals surface area (Å²) in [5, 5.41) is 0. The summed E-state index contributed by atoms with van der Waals surface area (Å²) in [5.41, 5.74) is 9.13. The van der Waals surface area contributed by atoms with Crippen molar-refractivity contribution < 1.29 is 9.53 Å². The van der Waals surface area contributed by atoms with Crippen molar-refractivity contribution in [1.29, 1.82) is 0 Å². The topological polar surface area (TPSA) is 108 Å². The van der Waals surface area contributed by atoms with E-state index in [-0.39, 0.29) is 17.4 Å². The molecule has 32 heavy (non-hydrogen) atoms. The second-order valence-electron chi connectivity index (χ2n) is 7.16. The molecule has 4 rings (SSSR count). The number of fused-ring (bicyclic) bond motifs is 1. The van der Waals surface area contributed by atoms with Crippen molar-refractivity contribution in [3.05, 3.63) is 77.5 Å². The molecule has 0 aliphatic heterocycles. The summed E-state index contributed by atoms with van der Waals surface area (Å²) in [6.07, 6.45) is 2.54. The van der Waals surface area contributed by atoms with Crippen molar-refractivity contribution in [3.63, 3.8) is 0 Å². The molecule has 0 radical (unpaired) electrons. The van der Waals surface area contributed by atoms with E-state index in [9.17, 15) is 9.59 Å². The number of nitrogen functional groups attached to an aromatic ring is 1. The van der Waals surface area contributed by atoms with Crippen LogP contribution in [-0.4, -0.2) is 39.2 Å². The third-order valence-corrected chi connectivity index (χ3v) is 5.28. The summed E-state index contributed by atoms with van der Waals surface area (Å²) in [5.74, 6) is 0.535. The van der Waals surface area contributed by atoms with Crippen LogP contribution >= 0.6 is 0 Å². The summed E-state index contributed by atoms with van der Waals surface area (Å²) < 4.78 is 8.32. The van der Waals surface area contributed by atoms with Crippen molar-refractivity contribution in [2.75, 3.05) is 24.8 Å². The summed E-state index contributed by atoms with van der Waals surface area (Å²) in [7, 11) is 3.20. The van der Waals surface area contributed by atoms with Crippen LogP contribution in [0.2, 0.25) is 0 Å². The number of nitrogens with two attached hydrogens (primary N) is 1. The number of amides is 1. The van der Waals surface area contributed by atoms with Crippen LogP contribution < -0.4 is 21.1 Å². The van der Waals surface area contributed by atoms with Gasteiger partial charge in [-0.2, -0.15) is 0 Å². The van der Waals surface area contributed by atoms with E-state index in [2.05, 4.69) is 16.5 Å². The zero-order chi connectivity index (χ0) is 23.0. The molecule has 1 amide bonds. The van der Waals surface area contributed by atoms with E-state index >= 15 is 0 Å². The van der Waals surface area contributed by atoms with Gasteiger partial charge in [-0.3, -0.25) is 9.36 Å². The molecule has 9 heteroatoms. The number of hydrogen-bond donors (Lipinski definition) is 1. The number of aromatic nitrogens is 4. The maximum Gasteiger partial charge on any atom is 0.339 e. The molecule has 0 atom stereocenters. The Kier molecular flexibility index (Phi) is 5.23. The first-order chi connectivity index (χ1) is 15.4. The minimum atomic E-state index is -0.382. The highest BCUT2D eigenvalue weighted by molar-refractivity contribution is 6.00. The second-order valence-corrected chi connectivity index (χ2v) is 7.16. The van der Waals surface area contributed by atoms with Gasteiger partial charge in [-0.15, -0.1) is 0 Å². The van der Waals surface area contributed by atoms with E-state index in [1.165, 1.54) is 26.4 Å². The summed E-state index contributed by atoms with van der Waals surface area (Å²) in [4.78, 5) is 35.6. The van der Waals surface area contributed by atoms with Gasteiger partial charge in [-0.05, 0) is 42.8 Å². The van der Waals surface area contributed by atoms with E-state index < -0.39 is 0 Å². The number of imidazole rings is 1. The fourth-order valence-electron chi connectivity index (χ4n) is 3.57. The largest absolute Gasteiger partial charge is 0.496 e. The normalized spacial score (nSPS) is 10.8. The Bertz CT molecular complexity index is 1420. The van der Waals surface area contributed by atoms with E-state index in [0.717, 1.165) is 5.56 Å². The smallest absolute Gasteiger partial charge is 0.339 e. The number of aryl methyl sites for hydroxylation is 1. The van der Waals surface area contributed by atoms with Crippen molar-refractivity contribution in [2.24, 2.45) is 0 Å². The lowest BCUT2D eigenvalue weighted by molar-refractivity contribution is -0.113. The van der Waals surface area contributed by atoms with Gasteiger partial charge in [0.15, 0.2) is 11.5 Å². The van der Waals surface area contributed by atoms with Crippen LogP contribution in [0.25, 0.3) is 22.5 Å². The predicted molar refractivity (Wildman–Crippen MR) is 124 cm³/mol. The van der Waals surface area contributed by atoms with Crippen LogP contribution in [0.3, 0.4) is 0 Å². The molecule has 0 saturated heterocycles. The Hall–Kier alpha value is -4.40. The minimum Gasteiger partial charge on any atom is -0.496 e. The molecule has 2 aromatic heterocycles. The fraction of sp³-hybridized carbons (Fsp3) is 0.130. The van der Waals surface area contributed by atoms with Gasteiger partial charge in [0, 0.05) is 18.8 Å². The lowest BCUT2D eigenvalue weighted by Gasteiger charge is -2.16. The number of ether oxygens (including phenoxy) is 1. The van der Waals surface area contributed by atoms with Crippen LogP contribution in [-0.2, 0) is 4.79 Å². The number of likely N-dealkylation sites (N-methyl/N-ethyl adjacent to an activating group) is 1. The zero-order valence-corrected chi connectivity index (χ0v) is 17.9. The lowest BCUT2D eigenvalue weighted by Crippen LogP contribution is -2.25. The molecular weight excluding hydrogens is 408 g/mol. The number of methoxy groups -OCH3 is 1. The number of anilines is 2. The second kappa shape index (κ2) is 8.03. The quantitative estimate of drug-likeness (QED) is 0.488. The van der Waals surface area contributed by atoms with Gasteiger partial charge in [0.05, 0.1) is 18.5 Å².